The fourth-order valence-corrected chi connectivity index (χ4v) is 3.23. The third kappa shape index (κ3) is 26.7. The fourth-order valence-electron chi connectivity index (χ4n) is 3.23. The lowest BCUT2D eigenvalue weighted by Crippen LogP contribution is -2.03. The van der Waals surface area contributed by atoms with Gasteiger partial charge in [-0.25, -0.2) is 5.90 Å². The van der Waals surface area contributed by atoms with Gasteiger partial charge in [-0.3, -0.25) is 13.9 Å². The number of hydrogen-bond donors (Lipinski definition) is 5. The number of nitrogens with zero attached hydrogens (tertiary/aromatic N) is 1. The summed E-state index contributed by atoms with van der Waals surface area (Å²) in [5, 5.41) is 17.9. The van der Waals surface area contributed by atoms with Crippen molar-refractivity contribution in [2.45, 2.75) is 103 Å². The van der Waals surface area contributed by atoms with Crippen molar-refractivity contribution in [1.82, 2.24) is 0 Å². The van der Waals surface area contributed by atoms with E-state index in [1.54, 1.807) is 0 Å². The second-order valence-corrected chi connectivity index (χ2v) is 8.33. The summed E-state index contributed by atoms with van der Waals surface area (Å²) in [7, 11) is -4.67. The zero-order chi connectivity index (χ0) is 23.3. The van der Waals surface area contributed by atoms with Crippen LogP contribution in [-0.4, -0.2) is 39.4 Å². The summed E-state index contributed by atoms with van der Waals surface area (Å²) >= 11 is 0. The number of carbonyl (C=O) groups is 1. The summed E-state index contributed by atoms with van der Waals surface area (Å²) in [5.41, 5.74) is 2.46. The second-order valence-electron chi connectivity index (χ2n) is 7.44. The maximum atomic E-state index is 10.5. The second kappa shape index (κ2) is 20.9. The van der Waals surface area contributed by atoms with Gasteiger partial charge < -0.3 is 10.4 Å². The maximum absolute atomic E-state index is 10.5. The third-order valence-electron chi connectivity index (χ3n) is 4.79. The van der Waals surface area contributed by atoms with Gasteiger partial charge in [0.1, 0.15) is 5.78 Å². The highest BCUT2D eigenvalue weighted by Gasteiger charge is 2.06. The van der Waals surface area contributed by atoms with Crippen molar-refractivity contribution >= 4 is 21.9 Å². The van der Waals surface area contributed by atoms with Gasteiger partial charge in [-0.15, -0.1) is 0 Å². The minimum absolute atomic E-state index is 0.464. The Morgan fingerprint density at radius 1 is 0.700 bits per heavy atom. The average Bonchev–Trinajstić information content (AvgIpc) is 2.98. The van der Waals surface area contributed by atoms with E-state index in [0.717, 1.165) is 44.2 Å². The molecule has 0 spiro atoms. The van der Waals surface area contributed by atoms with Crippen molar-refractivity contribution in [2.75, 3.05) is 0 Å². The summed E-state index contributed by atoms with van der Waals surface area (Å²) in [4.78, 5) is 10.5. The molecule has 0 aromatic carbocycles. The first kappa shape index (κ1) is 30.9. The molecule has 3 aliphatic rings. The van der Waals surface area contributed by atoms with E-state index in [1.165, 1.54) is 69.8 Å². The Labute approximate surface area is 181 Å². The number of carbonyl (C=O) groups excluding carboxylic acids is 1. The van der Waals surface area contributed by atoms with Crippen LogP contribution in [0, 0.1) is 0 Å². The molecule has 3 fully saturated rings. The smallest absolute Gasteiger partial charge is 0.394 e. The van der Waals surface area contributed by atoms with Gasteiger partial charge in [0.05, 0.1) is 5.71 Å². The van der Waals surface area contributed by atoms with Gasteiger partial charge >= 0.3 is 10.4 Å². The number of rotatable bonds is 0. The van der Waals surface area contributed by atoms with Crippen LogP contribution in [0.4, 0.5) is 0 Å². The molecule has 3 rings (SSSR count). The lowest BCUT2D eigenvalue weighted by Gasteiger charge is -2.08. The first-order valence-electron chi connectivity index (χ1n) is 10.6. The van der Waals surface area contributed by atoms with Crippen LogP contribution in [0.3, 0.4) is 0 Å². The van der Waals surface area contributed by atoms with E-state index >= 15 is 0 Å². The van der Waals surface area contributed by atoms with Gasteiger partial charge in [0.15, 0.2) is 0 Å². The minimum Gasteiger partial charge on any atom is -0.411 e. The lowest BCUT2D eigenvalue weighted by molar-refractivity contribution is -0.120. The number of Topliss-reactive ketones (excluding diaryl/α,β-unsaturated/α-hetero) is 1. The Morgan fingerprint density at radius 2 is 1.00 bits per heavy atom. The van der Waals surface area contributed by atoms with Gasteiger partial charge in [0, 0.05) is 12.8 Å². The van der Waals surface area contributed by atoms with E-state index in [4.69, 9.17) is 27.9 Å². The van der Waals surface area contributed by atoms with Crippen LogP contribution in [0.5, 0.6) is 0 Å². The number of oxime groups is 1. The average molecular weight is 453 g/mol. The highest BCUT2D eigenvalue weighted by molar-refractivity contribution is 7.79. The van der Waals surface area contributed by atoms with Gasteiger partial charge in [-0.1, -0.05) is 43.0 Å². The lowest BCUT2D eigenvalue weighted by atomic mass is 9.99. The number of nitrogens with two attached hydrogens (primary N) is 1. The Balaban J connectivity index is 0. The topological polar surface area (TPSA) is 171 Å². The molecule has 0 aromatic heterocycles. The van der Waals surface area contributed by atoms with Crippen molar-refractivity contribution in [2.24, 2.45) is 11.1 Å². The van der Waals surface area contributed by atoms with E-state index in [2.05, 4.69) is 17.6 Å². The third-order valence-corrected chi connectivity index (χ3v) is 4.79. The zero-order valence-corrected chi connectivity index (χ0v) is 18.8. The highest BCUT2D eigenvalue weighted by Crippen LogP contribution is 2.19. The van der Waals surface area contributed by atoms with Gasteiger partial charge in [-0.05, 0) is 64.2 Å². The molecule has 3 aliphatic carbocycles. The molecule has 3 saturated carbocycles. The van der Waals surface area contributed by atoms with Crippen LogP contribution in [0.15, 0.2) is 17.3 Å². The molecule has 0 radical (unpaired) electrons. The Bertz CT molecular complexity index is 544. The van der Waals surface area contributed by atoms with Crippen LogP contribution in [0.1, 0.15) is 103 Å². The van der Waals surface area contributed by atoms with E-state index in [1.807, 2.05) is 0 Å². The Hall–Kier alpha value is -1.33. The quantitative estimate of drug-likeness (QED) is 0.114. The fraction of sp³-hybridized carbons (Fsp3) is 0.800. The number of allylic oxidation sites excluding steroid dienone is 1. The summed E-state index contributed by atoms with van der Waals surface area (Å²) in [5.74, 6) is 3.96. The molecular weight excluding hydrogens is 412 g/mol. The summed E-state index contributed by atoms with van der Waals surface area (Å²) in [6, 6.07) is 0. The normalized spacial score (nSPS) is 19.0. The number of ketones is 1. The molecule has 10 heteroatoms. The molecule has 9 nitrogen and oxygen atoms in total. The van der Waals surface area contributed by atoms with Gasteiger partial charge in [-0.2, -0.15) is 8.42 Å². The molecule has 0 aliphatic heterocycles. The molecule has 0 atom stereocenters. The van der Waals surface area contributed by atoms with Crippen molar-refractivity contribution < 1.29 is 32.7 Å². The van der Waals surface area contributed by atoms with Crippen LogP contribution in [0.2, 0.25) is 0 Å². The van der Waals surface area contributed by atoms with Crippen LogP contribution < -0.4 is 5.90 Å². The van der Waals surface area contributed by atoms with E-state index in [0.29, 0.717) is 5.78 Å². The largest absolute Gasteiger partial charge is 0.411 e. The Morgan fingerprint density at radius 3 is 1.27 bits per heavy atom. The molecule has 0 aromatic rings. The first-order chi connectivity index (χ1) is 14.2. The molecule has 6 N–H and O–H groups in total. The summed E-state index contributed by atoms with van der Waals surface area (Å²) in [6.45, 7) is 3.97. The standard InChI is InChI=1S/C8H14.C6H11NO.C6H10O.H3NO.H2O4S/c1-8-6-4-2-3-5-7-8;8-7-6-4-2-1-3-5-6;7-6-4-2-1-3-5-6;1-2;1-5(2,3)4/h1-7H2;8H,1-5H2;1-5H2;2H,1H2;(H2,1,2,3,4). The van der Waals surface area contributed by atoms with Crippen molar-refractivity contribution in [1.29, 1.82) is 0 Å². The first-order valence-corrected chi connectivity index (χ1v) is 12.0. The molecule has 0 amide bonds. The van der Waals surface area contributed by atoms with E-state index in [9.17, 15) is 4.79 Å². The van der Waals surface area contributed by atoms with Crippen molar-refractivity contribution in [3.05, 3.63) is 12.2 Å². The molecule has 0 saturated heterocycles. The van der Waals surface area contributed by atoms with Crippen LogP contribution in [-0.2, 0) is 15.2 Å². The zero-order valence-electron chi connectivity index (χ0n) is 18.0. The SMILES string of the molecule is C=C1CCCCCC1.NO.O=C1CCCCC1.O=S(=O)(O)O.ON=C1CCCCC1. The molecule has 178 valence electrons. The Kier molecular flexibility index (Phi) is 21.5. The molecule has 0 bridgehead atoms. The van der Waals surface area contributed by atoms with Crippen LogP contribution in [0.25, 0.3) is 0 Å². The van der Waals surface area contributed by atoms with E-state index < -0.39 is 10.4 Å². The predicted octanol–water partition coefficient (Wildman–Crippen LogP) is 4.88. The van der Waals surface area contributed by atoms with Gasteiger partial charge in [0.25, 0.3) is 0 Å². The van der Waals surface area contributed by atoms with Crippen molar-refractivity contribution in [3.8, 4) is 0 Å². The van der Waals surface area contributed by atoms with Gasteiger partial charge in [0.2, 0.25) is 0 Å². The minimum atomic E-state index is -4.67. The molecule has 0 heterocycles. The van der Waals surface area contributed by atoms with E-state index in [-0.39, 0.29) is 0 Å². The molecule has 0 unspecified atom stereocenters. The highest BCUT2D eigenvalue weighted by atomic mass is 32.3. The number of hydrogen-bond acceptors (Lipinski definition) is 7. The predicted molar refractivity (Wildman–Crippen MR) is 117 cm³/mol. The maximum Gasteiger partial charge on any atom is 0.394 e. The molecular formula is C20H40N2O7S. The van der Waals surface area contributed by atoms with Crippen LogP contribution >= 0.6 is 0 Å². The molecule has 30 heavy (non-hydrogen) atoms. The summed E-state index contributed by atoms with van der Waals surface area (Å²) < 4.78 is 31.6. The summed E-state index contributed by atoms with van der Waals surface area (Å²) in [6.07, 6.45) is 19.2. The van der Waals surface area contributed by atoms with Crippen molar-refractivity contribution in [3.63, 3.8) is 0 Å². The monoisotopic (exact) mass is 452 g/mol.